The van der Waals surface area contributed by atoms with E-state index in [1.807, 2.05) is 37.3 Å². The molecule has 1 unspecified atom stereocenters. The molecule has 1 nitrogen and oxygen atoms in total. The van der Waals surface area contributed by atoms with Gasteiger partial charge in [0.15, 0.2) is 11.6 Å². The molecule has 0 saturated heterocycles. The molecule has 16 heavy (non-hydrogen) atoms. The summed E-state index contributed by atoms with van der Waals surface area (Å²) >= 11 is 0. The van der Waals surface area contributed by atoms with Gasteiger partial charge in [0.1, 0.15) is 6.10 Å². The molecule has 2 aromatic rings. The lowest BCUT2D eigenvalue weighted by molar-refractivity contribution is 0.216. The van der Waals surface area contributed by atoms with Crippen LogP contribution in [0.1, 0.15) is 18.6 Å². The SMILES string of the molecule is CC(Oc1ccccc1F)c1ccccc1. The highest BCUT2D eigenvalue weighted by atomic mass is 19.1. The van der Waals surface area contributed by atoms with Gasteiger partial charge in [0.25, 0.3) is 0 Å². The highest BCUT2D eigenvalue weighted by Gasteiger charge is 2.09. The van der Waals surface area contributed by atoms with E-state index in [-0.39, 0.29) is 11.9 Å². The summed E-state index contributed by atoms with van der Waals surface area (Å²) in [6.45, 7) is 1.90. The minimum Gasteiger partial charge on any atom is -0.483 e. The lowest BCUT2D eigenvalue weighted by Gasteiger charge is -2.15. The lowest BCUT2D eigenvalue weighted by Crippen LogP contribution is -2.03. The van der Waals surface area contributed by atoms with Crippen LogP contribution in [0.15, 0.2) is 54.6 Å². The topological polar surface area (TPSA) is 9.23 Å². The summed E-state index contributed by atoms with van der Waals surface area (Å²) in [5.74, 6) is -0.0378. The van der Waals surface area contributed by atoms with Crippen LogP contribution >= 0.6 is 0 Å². The van der Waals surface area contributed by atoms with E-state index in [1.165, 1.54) is 6.07 Å². The molecular weight excluding hydrogens is 203 g/mol. The third kappa shape index (κ3) is 2.40. The van der Waals surface area contributed by atoms with E-state index in [1.54, 1.807) is 18.2 Å². The maximum Gasteiger partial charge on any atom is 0.165 e. The Morgan fingerprint density at radius 3 is 2.25 bits per heavy atom. The van der Waals surface area contributed by atoms with E-state index in [2.05, 4.69) is 0 Å². The number of rotatable bonds is 3. The average molecular weight is 216 g/mol. The Kier molecular flexibility index (Phi) is 3.20. The molecule has 0 spiro atoms. The number of ether oxygens (including phenoxy) is 1. The van der Waals surface area contributed by atoms with E-state index < -0.39 is 0 Å². The first-order chi connectivity index (χ1) is 7.77. The number of para-hydroxylation sites is 1. The van der Waals surface area contributed by atoms with E-state index >= 15 is 0 Å². The van der Waals surface area contributed by atoms with Crippen molar-refractivity contribution in [2.75, 3.05) is 0 Å². The fourth-order valence-electron chi connectivity index (χ4n) is 1.52. The molecule has 1 atom stereocenters. The van der Waals surface area contributed by atoms with Crippen molar-refractivity contribution < 1.29 is 9.13 Å². The van der Waals surface area contributed by atoms with Crippen molar-refractivity contribution in [1.29, 1.82) is 0 Å². The Morgan fingerprint density at radius 2 is 1.56 bits per heavy atom. The molecule has 0 amide bonds. The number of halogens is 1. The second-order valence-corrected chi connectivity index (χ2v) is 3.60. The number of hydrogen-bond donors (Lipinski definition) is 0. The molecule has 0 aliphatic rings. The van der Waals surface area contributed by atoms with Gasteiger partial charge in [-0.25, -0.2) is 4.39 Å². The Morgan fingerprint density at radius 1 is 0.938 bits per heavy atom. The fraction of sp³-hybridized carbons (Fsp3) is 0.143. The van der Waals surface area contributed by atoms with Gasteiger partial charge in [-0.3, -0.25) is 0 Å². The van der Waals surface area contributed by atoms with Crippen molar-refractivity contribution >= 4 is 0 Å². The molecule has 0 aliphatic heterocycles. The number of hydrogen-bond acceptors (Lipinski definition) is 1. The molecule has 0 saturated carbocycles. The summed E-state index contributed by atoms with van der Waals surface area (Å²) in [6, 6.07) is 16.2. The van der Waals surface area contributed by atoms with Gasteiger partial charge in [0.2, 0.25) is 0 Å². The van der Waals surface area contributed by atoms with Crippen LogP contribution in [0.5, 0.6) is 5.75 Å². The van der Waals surface area contributed by atoms with E-state index in [4.69, 9.17) is 4.74 Å². The Bertz CT molecular complexity index is 453. The molecular formula is C14H13FO. The molecule has 0 radical (unpaired) electrons. The van der Waals surface area contributed by atoms with Crippen molar-refractivity contribution in [3.8, 4) is 5.75 Å². The Balaban J connectivity index is 2.14. The van der Waals surface area contributed by atoms with Gasteiger partial charge in [0, 0.05) is 0 Å². The van der Waals surface area contributed by atoms with Gasteiger partial charge in [-0.2, -0.15) is 0 Å². The van der Waals surface area contributed by atoms with Crippen LogP contribution in [-0.4, -0.2) is 0 Å². The third-order valence-corrected chi connectivity index (χ3v) is 2.41. The van der Waals surface area contributed by atoms with Crippen LogP contribution in [-0.2, 0) is 0 Å². The van der Waals surface area contributed by atoms with Crippen LogP contribution in [0.25, 0.3) is 0 Å². The fourth-order valence-corrected chi connectivity index (χ4v) is 1.52. The van der Waals surface area contributed by atoms with Crippen molar-refractivity contribution in [3.63, 3.8) is 0 Å². The van der Waals surface area contributed by atoms with Crippen molar-refractivity contribution in [2.24, 2.45) is 0 Å². The molecule has 2 rings (SSSR count). The largest absolute Gasteiger partial charge is 0.483 e. The summed E-state index contributed by atoms with van der Waals surface area (Å²) < 4.78 is 18.9. The van der Waals surface area contributed by atoms with Crippen LogP contribution < -0.4 is 4.74 Å². The van der Waals surface area contributed by atoms with Crippen LogP contribution in [0.4, 0.5) is 4.39 Å². The highest BCUT2D eigenvalue weighted by Crippen LogP contribution is 2.23. The van der Waals surface area contributed by atoms with Crippen molar-refractivity contribution in [2.45, 2.75) is 13.0 Å². The van der Waals surface area contributed by atoms with Crippen molar-refractivity contribution in [1.82, 2.24) is 0 Å². The summed E-state index contributed by atoms with van der Waals surface area (Å²) in [5, 5.41) is 0. The number of benzene rings is 2. The normalized spacial score (nSPS) is 12.1. The van der Waals surface area contributed by atoms with Crippen molar-refractivity contribution in [3.05, 3.63) is 66.0 Å². The predicted octanol–water partition coefficient (Wildman–Crippen LogP) is 3.97. The smallest absolute Gasteiger partial charge is 0.165 e. The molecule has 0 N–H and O–H groups in total. The van der Waals surface area contributed by atoms with E-state index in [0.29, 0.717) is 5.75 Å². The minimum absolute atomic E-state index is 0.155. The maximum atomic E-state index is 13.3. The van der Waals surface area contributed by atoms with E-state index in [9.17, 15) is 4.39 Å². The van der Waals surface area contributed by atoms with Crippen LogP contribution in [0, 0.1) is 5.82 Å². The van der Waals surface area contributed by atoms with Gasteiger partial charge in [-0.1, -0.05) is 42.5 Å². The lowest BCUT2D eigenvalue weighted by atomic mass is 10.1. The van der Waals surface area contributed by atoms with Crippen LogP contribution in [0.3, 0.4) is 0 Å². The average Bonchev–Trinajstić information content (AvgIpc) is 2.33. The molecule has 0 heterocycles. The van der Waals surface area contributed by atoms with Gasteiger partial charge in [0.05, 0.1) is 0 Å². The van der Waals surface area contributed by atoms with E-state index in [0.717, 1.165) is 5.56 Å². The Hall–Kier alpha value is -1.83. The summed E-state index contributed by atoms with van der Waals surface area (Å²) in [4.78, 5) is 0. The summed E-state index contributed by atoms with van der Waals surface area (Å²) in [5.41, 5.74) is 1.03. The predicted molar refractivity (Wildman–Crippen MR) is 61.9 cm³/mol. The minimum atomic E-state index is -0.328. The molecule has 82 valence electrons. The van der Waals surface area contributed by atoms with Gasteiger partial charge < -0.3 is 4.74 Å². The van der Waals surface area contributed by atoms with Crippen LogP contribution in [0.2, 0.25) is 0 Å². The second-order valence-electron chi connectivity index (χ2n) is 3.60. The molecule has 2 heteroatoms. The standard InChI is InChI=1S/C14H13FO/c1-11(12-7-3-2-4-8-12)16-14-10-6-5-9-13(14)15/h2-11H,1H3. The first kappa shape index (κ1) is 10.7. The quantitative estimate of drug-likeness (QED) is 0.754. The summed E-state index contributed by atoms with van der Waals surface area (Å²) in [6.07, 6.45) is -0.155. The molecule has 0 fully saturated rings. The molecule has 0 aromatic heterocycles. The first-order valence-electron chi connectivity index (χ1n) is 5.23. The monoisotopic (exact) mass is 216 g/mol. The maximum absolute atomic E-state index is 13.3. The summed E-state index contributed by atoms with van der Waals surface area (Å²) in [7, 11) is 0. The zero-order valence-corrected chi connectivity index (χ0v) is 9.06. The first-order valence-corrected chi connectivity index (χ1v) is 5.23. The zero-order chi connectivity index (χ0) is 11.4. The third-order valence-electron chi connectivity index (χ3n) is 2.41. The highest BCUT2D eigenvalue weighted by molar-refractivity contribution is 5.25. The van der Waals surface area contributed by atoms with Gasteiger partial charge in [-0.05, 0) is 24.6 Å². The Labute approximate surface area is 94.5 Å². The molecule has 0 bridgehead atoms. The zero-order valence-electron chi connectivity index (χ0n) is 9.06. The molecule has 0 aliphatic carbocycles. The second kappa shape index (κ2) is 4.79. The van der Waals surface area contributed by atoms with Gasteiger partial charge >= 0.3 is 0 Å². The van der Waals surface area contributed by atoms with Gasteiger partial charge in [-0.15, -0.1) is 0 Å². The molecule has 2 aromatic carbocycles.